The van der Waals surface area contributed by atoms with Crippen molar-refractivity contribution >= 4 is 29.1 Å². The van der Waals surface area contributed by atoms with Crippen LogP contribution < -0.4 is 10.6 Å². The highest BCUT2D eigenvalue weighted by atomic mass is 35.5. The first-order valence-corrected chi connectivity index (χ1v) is 10.2. The zero-order valence-corrected chi connectivity index (χ0v) is 17.2. The van der Waals surface area contributed by atoms with E-state index >= 15 is 0 Å². The highest BCUT2D eigenvalue weighted by Gasteiger charge is 2.30. The topological polar surface area (TPSA) is 81.7 Å². The van der Waals surface area contributed by atoms with Gasteiger partial charge >= 0.3 is 0 Å². The average Bonchev–Trinajstić information content (AvgIpc) is 2.74. The molecule has 0 radical (unpaired) electrons. The predicted molar refractivity (Wildman–Crippen MR) is 114 cm³/mol. The van der Waals surface area contributed by atoms with Crippen LogP contribution in [0.25, 0.3) is 0 Å². The Bertz CT molecular complexity index is 866. The van der Waals surface area contributed by atoms with Gasteiger partial charge in [0.25, 0.3) is 0 Å². The van der Waals surface area contributed by atoms with Crippen molar-refractivity contribution in [1.29, 1.82) is 0 Å². The van der Waals surface area contributed by atoms with Gasteiger partial charge in [-0.05, 0) is 56.6 Å². The van der Waals surface area contributed by atoms with Gasteiger partial charge in [-0.1, -0.05) is 41.9 Å². The van der Waals surface area contributed by atoms with Gasteiger partial charge in [-0.15, -0.1) is 0 Å². The molecule has 1 aliphatic rings. The Kier molecular flexibility index (Phi) is 7.12. The third kappa shape index (κ3) is 5.49. The van der Waals surface area contributed by atoms with Gasteiger partial charge in [0.1, 0.15) is 5.75 Å². The molecule has 1 aliphatic heterocycles. The molecular formula is C22H26ClN3O3. The van der Waals surface area contributed by atoms with Crippen LogP contribution in [0, 0.1) is 5.92 Å². The molecule has 0 unspecified atom stereocenters. The molecule has 3 rings (SSSR count). The van der Waals surface area contributed by atoms with E-state index in [-0.39, 0.29) is 29.5 Å². The summed E-state index contributed by atoms with van der Waals surface area (Å²) in [5.41, 5.74) is 1.31. The number of halogens is 1. The van der Waals surface area contributed by atoms with Gasteiger partial charge in [0.2, 0.25) is 11.8 Å². The Morgan fingerprint density at radius 1 is 1.14 bits per heavy atom. The van der Waals surface area contributed by atoms with E-state index in [9.17, 15) is 14.7 Å². The number of carbonyl (C=O) groups is 2. The van der Waals surface area contributed by atoms with Crippen LogP contribution in [-0.2, 0) is 16.1 Å². The lowest BCUT2D eigenvalue weighted by Crippen LogP contribution is -2.49. The zero-order chi connectivity index (χ0) is 20.8. The first kappa shape index (κ1) is 21.1. The number of para-hydroxylation sites is 2. The monoisotopic (exact) mass is 415 g/mol. The highest BCUT2D eigenvalue weighted by molar-refractivity contribution is 6.31. The summed E-state index contributed by atoms with van der Waals surface area (Å²) in [5.74, 6) is -0.227. The van der Waals surface area contributed by atoms with Gasteiger partial charge in [0, 0.05) is 17.5 Å². The molecule has 0 aromatic heterocycles. The van der Waals surface area contributed by atoms with Crippen LogP contribution in [0.5, 0.6) is 5.75 Å². The van der Waals surface area contributed by atoms with Crippen molar-refractivity contribution in [3.63, 3.8) is 0 Å². The van der Waals surface area contributed by atoms with Crippen LogP contribution in [0.15, 0.2) is 48.5 Å². The van der Waals surface area contributed by atoms with Crippen LogP contribution >= 0.6 is 11.6 Å². The fourth-order valence-electron chi connectivity index (χ4n) is 3.50. The number of phenols is 1. The van der Waals surface area contributed by atoms with Gasteiger partial charge in [0.15, 0.2) is 0 Å². The second-order valence-corrected chi connectivity index (χ2v) is 7.71. The molecule has 0 spiro atoms. The number of piperidine rings is 1. The maximum absolute atomic E-state index is 12.5. The smallest absolute Gasteiger partial charge is 0.237 e. The minimum absolute atomic E-state index is 0.0537. The van der Waals surface area contributed by atoms with Crippen molar-refractivity contribution in [1.82, 2.24) is 10.2 Å². The number of rotatable bonds is 6. The molecule has 7 heteroatoms. The van der Waals surface area contributed by atoms with Crippen molar-refractivity contribution in [2.75, 3.05) is 18.4 Å². The number of hydrogen-bond donors (Lipinski definition) is 3. The van der Waals surface area contributed by atoms with Crippen molar-refractivity contribution in [2.24, 2.45) is 5.92 Å². The van der Waals surface area contributed by atoms with E-state index in [1.54, 1.807) is 30.3 Å². The minimum Gasteiger partial charge on any atom is -0.506 e. The summed E-state index contributed by atoms with van der Waals surface area (Å²) in [4.78, 5) is 27.1. The lowest BCUT2D eigenvalue weighted by molar-refractivity contribution is -0.127. The van der Waals surface area contributed by atoms with E-state index in [1.807, 2.05) is 25.1 Å². The van der Waals surface area contributed by atoms with Crippen LogP contribution in [-0.4, -0.2) is 41.0 Å². The molecule has 2 amide bonds. The van der Waals surface area contributed by atoms with Crippen LogP contribution in [0.3, 0.4) is 0 Å². The quantitative estimate of drug-likeness (QED) is 0.631. The number of amides is 2. The van der Waals surface area contributed by atoms with Gasteiger partial charge in [-0.2, -0.15) is 0 Å². The van der Waals surface area contributed by atoms with E-state index < -0.39 is 0 Å². The van der Waals surface area contributed by atoms with Gasteiger partial charge in [-0.3, -0.25) is 14.5 Å². The molecule has 1 atom stereocenters. The Labute approximate surface area is 175 Å². The number of carbonyl (C=O) groups excluding carboxylic acids is 2. The first-order valence-electron chi connectivity index (χ1n) is 9.79. The molecule has 3 N–H and O–H groups in total. The Balaban J connectivity index is 1.47. The number of likely N-dealkylation sites (tertiary alicyclic amines) is 1. The number of nitrogens with zero attached hydrogens (tertiary/aromatic N) is 1. The maximum Gasteiger partial charge on any atom is 0.237 e. The van der Waals surface area contributed by atoms with E-state index in [1.165, 1.54) is 0 Å². The van der Waals surface area contributed by atoms with E-state index in [0.29, 0.717) is 43.2 Å². The standard InChI is InChI=1S/C22H26ClN3O3/c1-15(21(28)24-14-17-6-2-3-7-18(17)23)26-12-10-16(11-13-26)22(29)25-19-8-4-5-9-20(19)27/h2-9,15-16,27H,10-14H2,1H3,(H,24,28)(H,25,29)/t15-/m0/s1. The van der Waals surface area contributed by atoms with Crippen LogP contribution in [0.1, 0.15) is 25.3 Å². The summed E-state index contributed by atoms with van der Waals surface area (Å²) in [6.45, 7) is 3.60. The zero-order valence-electron chi connectivity index (χ0n) is 16.4. The number of nitrogens with one attached hydrogen (secondary N) is 2. The first-order chi connectivity index (χ1) is 14.0. The fraction of sp³-hybridized carbons (Fsp3) is 0.364. The van der Waals surface area contributed by atoms with Crippen LogP contribution in [0.2, 0.25) is 5.02 Å². The normalized spacial score (nSPS) is 16.2. The second-order valence-electron chi connectivity index (χ2n) is 7.30. The van der Waals surface area contributed by atoms with Crippen molar-refractivity contribution in [3.05, 3.63) is 59.1 Å². The third-order valence-electron chi connectivity index (χ3n) is 5.40. The van der Waals surface area contributed by atoms with E-state index in [0.717, 1.165) is 5.56 Å². The predicted octanol–water partition coefficient (Wildman–Crippen LogP) is 3.40. The summed E-state index contributed by atoms with van der Waals surface area (Å²) in [7, 11) is 0. The lowest BCUT2D eigenvalue weighted by atomic mass is 9.94. The third-order valence-corrected chi connectivity index (χ3v) is 5.77. The SMILES string of the molecule is C[C@@H](C(=O)NCc1ccccc1Cl)N1CCC(C(=O)Nc2ccccc2O)CC1. The Morgan fingerprint density at radius 3 is 2.48 bits per heavy atom. The molecule has 154 valence electrons. The molecule has 6 nitrogen and oxygen atoms in total. The molecule has 0 saturated carbocycles. The molecule has 0 bridgehead atoms. The van der Waals surface area contributed by atoms with Gasteiger partial charge in [0.05, 0.1) is 11.7 Å². The summed E-state index contributed by atoms with van der Waals surface area (Å²) < 4.78 is 0. The summed E-state index contributed by atoms with van der Waals surface area (Å²) >= 11 is 6.13. The average molecular weight is 416 g/mol. The largest absolute Gasteiger partial charge is 0.506 e. The minimum atomic E-state index is -0.278. The number of hydrogen-bond acceptors (Lipinski definition) is 4. The molecule has 29 heavy (non-hydrogen) atoms. The molecule has 2 aromatic carbocycles. The number of anilines is 1. The van der Waals surface area contributed by atoms with Crippen LogP contribution in [0.4, 0.5) is 5.69 Å². The lowest BCUT2D eigenvalue weighted by Gasteiger charge is -2.34. The fourth-order valence-corrected chi connectivity index (χ4v) is 3.70. The van der Waals surface area contributed by atoms with Crippen molar-refractivity contribution < 1.29 is 14.7 Å². The summed E-state index contributed by atoms with van der Waals surface area (Å²) in [5, 5.41) is 16.2. The number of benzene rings is 2. The molecule has 2 aromatic rings. The molecular weight excluding hydrogens is 390 g/mol. The van der Waals surface area contributed by atoms with E-state index in [2.05, 4.69) is 15.5 Å². The van der Waals surface area contributed by atoms with Crippen molar-refractivity contribution in [3.8, 4) is 5.75 Å². The second kappa shape index (κ2) is 9.76. The van der Waals surface area contributed by atoms with Gasteiger partial charge in [-0.25, -0.2) is 0 Å². The Morgan fingerprint density at radius 2 is 1.79 bits per heavy atom. The highest BCUT2D eigenvalue weighted by Crippen LogP contribution is 2.25. The summed E-state index contributed by atoms with van der Waals surface area (Å²) in [6, 6.07) is 13.9. The number of aromatic hydroxyl groups is 1. The molecule has 1 heterocycles. The maximum atomic E-state index is 12.5. The van der Waals surface area contributed by atoms with Gasteiger partial charge < -0.3 is 15.7 Å². The number of phenolic OH excluding ortho intramolecular Hbond substituents is 1. The van der Waals surface area contributed by atoms with Crippen molar-refractivity contribution in [2.45, 2.75) is 32.4 Å². The molecule has 0 aliphatic carbocycles. The molecule has 1 saturated heterocycles. The van der Waals surface area contributed by atoms with E-state index in [4.69, 9.17) is 11.6 Å². The molecule has 1 fully saturated rings. The Hall–Kier alpha value is -2.57. The summed E-state index contributed by atoms with van der Waals surface area (Å²) in [6.07, 6.45) is 1.34.